The van der Waals surface area contributed by atoms with Gasteiger partial charge in [-0.1, -0.05) is 24.4 Å². The van der Waals surface area contributed by atoms with Crippen molar-refractivity contribution in [2.24, 2.45) is 5.73 Å². The standard InChI is InChI=1S/C14H22ClN3O/c1-9(2)18-8-10(15)7-13(18)14(19)17-12-6-4-3-5-11(12)16/h7-9,11-12H,3-6,16H2,1-2H3,(H,17,19). The van der Waals surface area contributed by atoms with Gasteiger partial charge >= 0.3 is 0 Å². The molecule has 0 bridgehead atoms. The van der Waals surface area contributed by atoms with Gasteiger partial charge in [0.25, 0.3) is 5.91 Å². The molecule has 2 rings (SSSR count). The largest absolute Gasteiger partial charge is 0.346 e. The lowest BCUT2D eigenvalue weighted by molar-refractivity contribution is 0.0910. The van der Waals surface area contributed by atoms with E-state index in [0.29, 0.717) is 10.7 Å². The van der Waals surface area contributed by atoms with Crippen molar-refractivity contribution < 1.29 is 4.79 Å². The van der Waals surface area contributed by atoms with Crippen LogP contribution in [-0.2, 0) is 0 Å². The maximum Gasteiger partial charge on any atom is 0.268 e. The van der Waals surface area contributed by atoms with Crippen molar-refractivity contribution in [2.75, 3.05) is 0 Å². The number of carbonyl (C=O) groups excluding carboxylic acids is 1. The second-order valence-corrected chi connectivity index (χ2v) is 6.01. The Bertz CT molecular complexity index is 456. The summed E-state index contributed by atoms with van der Waals surface area (Å²) in [7, 11) is 0. The van der Waals surface area contributed by atoms with E-state index in [9.17, 15) is 4.79 Å². The van der Waals surface area contributed by atoms with E-state index in [2.05, 4.69) is 5.32 Å². The van der Waals surface area contributed by atoms with Gasteiger partial charge in [0.15, 0.2) is 0 Å². The van der Waals surface area contributed by atoms with Crippen LogP contribution in [-0.4, -0.2) is 22.6 Å². The first-order valence-corrected chi connectivity index (χ1v) is 7.30. The van der Waals surface area contributed by atoms with Crippen molar-refractivity contribution in [3.63, 3.8) is 0 Å². The first kappa shape index (κ1) is 14.4. The molecule has 1 aliphatic carbocycles. The summed E-state index contributed by atoms with van der Waals surface area (Å²) in [6.07, 6.45) is 6.02. The number of hydrogen-bond acceptors (Lipinski definition) is 2. The minimum absolute atomic E-state index is 0.0654. The minimum Gasteiger partial charge on any atom is -0.346 e. The Kier molecular flexibility index (Phi) is 4.53. The summed E-state index contributed by atoms with van der Waals surface area (Å²) >= 11 is 6.00. The molecule has 106 valence electrons. The molecule has 1 aliphatic rings. The smallest absolute Gasteiger partial charge is 0.268 e. The van der Waals surface area contributed by atoms with E-state index in [1.165, 1.54) is 0 Å². The Morgan fingerprint density at radius 2 is 2.16 bits per heavy atom. The summed E-state index contributed by atoms with van der Waals surface area (Å²) in [6, 6.07) is 2.06. The van der Waals surface area contributed by atoms with Crippen molar-refractivity contribution in [2.45, 2.75) is 57.7 Å². The fraction of sp³-hybridized carbons (Fsp3) is 0.643. The summed E-state index contributed by atoms with van der Waals surface area (Å²) in [4.78, 5) is 12.4. The number of aromatic nitrogens is 1. The van der Waals surface area contributed by atoms with E-state index in [1.54, 1.807) is 12.3 Å². The third kappa shape index (κ3) is 3.31. The maximum atomic E-state index is 12.4. The highest BCUT2D eigenvalue weighted by Crippen LogP contribution is 2.21. The third-order valence-electron chi connectivity index (χ3n) is 3.74. The number of hydrogen-bond donors (Lipinski definition) is 2. The topological polar surface area (TPSA) is 60.0 Å². The SMILES string of the molecule is CC(C)n1cc(Cl)cc1C(=O)NC1CCCCC1N. The van der Waals surface area contributed by atoms with Crippen LogP contribution in [0.15, 0.2) is 12.3 Å². The molecular weight excluding hydrogens is 262 g/mol. The van der Waals surface area contributed by atoms with Crippen molar-refractivity contribution in [3.05, 3.63) is 23.0 Å². The number of nitrogens with two attached hydrogens (primary N) is 1. The summed E-state index contributed by atoms with van der Waals surface area (Å²) in [5.74, 6) is -0.0806. The fourth-order valence-electron chi connectivity index (χ4n) is 2.64. The zero-order chi connectivity index (χ0) is 14.0. The molecule has 0 aromatic carbocycles. The molecule has 1 aromatic heterocycles. The second kappa shape index (κ2) is 5.97. The highest BCUT2D eigenvalue weighted by atomic mass is 35.5. The molecule has 0 saturated heterocycles. The molecule has 1 saturated carbocycles. The Morgan fingerprint density at radius 1 is 1.47 bits per heavy atom. The average molecular weight is 284 g/mol. The fourth-order valence-corrected chi connectivity index (χ4v) is 2.84. The molecule has 1 fully saturated rings. The van der Waals surface area contributed by atoms with E-state index >= 15 is 0 Å². The van der Waals surface area contributed by atoms with Gasteiger partial charge in [-0.25, -0.2) is 0 Å². The first-order chi connectivity index (χ1) is 8.99. The number of amides is 1. The zero-order valence-corrected chi connectivity index (χ0v) is 12.3. The van der Waals surface area contributed by atoms with Gasteiger partial charge in [-0.3, -0.25) is 4.79 Å². The second-order valence-electron chi connectivity index (χ2n) is 5.57. The minimum atomic E-state index is -0.0806. The van der Waals surface area contributed by atoms with Crippen LogP contribution < -0.4 is 11.1 Å². The van der Waals surface area contributed by atoms with E-state index in [0.717, 1.165) is 25.7 Å². The van der Waals surface area contributed by atoms with Crippen molar-refractivity contribution in [1.29, 1.82) is 0 Å². The Balaban J connectivity index is 2.11. The predicted molar refractivity (Wildman–Crippen MR) is 77.5 cm³/mol. The van der Waals surface area contributed by atoms with Crippen molar-refractivity contribution in [1.82, 2.24) is 9.88 Å². The van der Waals surface area contributed by atoms with Crippen molar-refractivity contribution in [3.8, 4) is 0 Å². The van der Waals surface area contributed by atoms with E-state index < -0.39 is 0 Å². The lowest BCUT2D eigenvalue weighted by Crippen LogP contribution is -2.49. The number of carbonyl (C=O) groups is 1. The van der Waals surface area contributed by atoms with E-state index in [1.807, 2.05) is 18.4 Å². The Labute approximate surface area is 119 Å². The van der Waals surface area contributed by atoms with Gasteiger partial charge < -0.3 is 15.6 Å². The van der Waals surface area contributed by atoms with Gasteiger partial charge in [0.1, 0.15) is 5.69 Å². The van der Waals surface area contributed by atoms with Crippen LogP contribution in [0.2, 0.25) is 5.02 Å². The maximum absolute atomic E-state index is 12.4. The monoisotopic (exact) mass is 283 g/mol. The Hall–Kier alpha value is -1.00. The van der Waals surface area contributed by atoms with Crippen LogP contribution >= 0.6 is 11.6 Å². The molecule has 1 amide bonds. The van der Waals surface area contributed by atoms with Crippen LogP contribution in [0.5, 0.6) is 0 Å². The summed E-state index contributed by atoms with van der Waals surface area (Å²) in [6.45, 7) is 4.05. The zero-order valence-electron chi connectivity index (χ0n) is 11.5. The molecule has 0 spiro atoms. The predicted octanol–water partition coefficient (Wildman–Crippen LogP) is 2.72. The van der Waals surface area contributed by atoms with E-state index in [-0.39, 0.29) is 24.0 Å². The lowest BCUT2D eigenvalue weighted by Gasteiger charge is -2.29. The molecule has 3 N–H and O–H groups in total. The molecule has 5 heteroatoms. The molecule has 0 radical (unpaired) electrons. The van der Waals surface area contributed by atoms with Gasteiger partial charge in [0.05, 0.1) is 5.02 Å². The van der Waals surface area contributed by atoms with Gasteiger partial charge in [-0.05, 0) is 32.8 Å². The van der Waals surface area contributed by atoms with Crippen LogP contribution in [0.1, 0.15) is 56.1 Å². The highest BCUT2D eigenvalue weighted by Gasteiger charge is 2.25. The number of nitrogens with one attached hydrogen (secondary N) is 1. The van der Waals surface area contributed by atoms with Gasteiger partial charge in [-0.2, -0.15) is 0 Å². The normalized spacial score (nSPS) is 23.6. The molecule has 1 aromatic rings. The molecule has 1 heterocycles. The molecule has 2 unspecified atom stereocenters. The van der Waals surface area contributed by atoms with Gasteiger partial charge in [0, 0.05) is 24.3 Å². The van der Waals surface area contributed by atoms with Crippen LogP contribution in [0.25, 0.3) is 0 Å². The van der Waals surface area contributed by atoms with E-state index in [4.69, 9.17) is 17.3 Å². The summed E-state index contributed by atoms with van der Waals surface area (Å²) < 4.78 is 1.89. The number of halogens is 1. The lowest BCUT2D eigenvalue weighted by atomic mass is 9.91. The third-order valence-corrected chi connectivity index (χ3v) is 3.95. The molecule has 2 atom stereocenters. The average Bonchev–Trinajstić information content (AvgIpc) is 2.74. The molecule has 0 aliphatic heterocycles. The number of nitrogens with zero attached hydrogens (tertiary/aromatic N) is 1. The van der Waals surface area contributed by atoms with Gasteiger partial charge in [-0.15, -0.1) is 0 Å². The summed E-state index contributed by atoms with van der Waals surface area (Å²) in [5.41, 5.74) is 6.67. The first-order valence-electron chi connectivity index (χ1n) is 6.93. The number of rotatable bonds is 3. The van der Waals surface area contributed by atoms with Gasteiger partial charge in [0.2, 0.25) is 0 Å². The van der Waals surface area contributed by atoms with Crippen molar-refractivity contribution >= 4 is 17.5 Å². The highest BCUT2D eigenvalue weighted by molar-refractivity contribution is 6.31. The van der Waals surface area contributed by atoms with Crippen LogP contribution in [0.4, 0.5) is 0 Å². The van der Waals surface area contributed by atoms with Crippen LogP contribution in [0, 0.1) is 0 Å². The quantitative estimate of drug-likeness (QED) is 0.896. The van der Waals surface area contributed by atoms with Crippen LogP contribution in [0.3, 0.4) is 0 Å². The Morgan fingerprint density at radius 3 is 2.79 bits per heavy atom. The molecule has 19 heavy (non-hydrogen) atoms. The molecular formula is C14H22ClN3O. The molecule has 4 nitrogen and oxygen atoms in total. The summed E-state index contributed by atoms with van der Waals surface area (Å²) in [5, 5.41) is 3.64.